The highest BCUT2D eigenvalue weighted by atomic mass is 16.5. The number of ether oxygens (including phenoxy) is 2. The van der Waals surface area contributed by atoms with Crippen molar-refractivity contribution in [1.29, 1.82) is 0 Å². The quantitative estimate of drug-likeness (QED) is 0.789. The molecule has 0 aliphatic heterocycles. The topological polar surface area (TPSA) is 18.5 Å². The third-order valence-corrected chi connectivity index (χ3v) is 2.77. The van der Waals surface area contributed by atoms with Crippen LogP contribution < -0.4 is 9.47 Å². The fourth-order valence-corrected chi connectivity index (χ4v) is 1.74. The molecule has 2 heteroatoms. The van der Waals surface area contributed by atoms with Gasteiger partial charge in [0.05, 0.1) is 6.61 Å². The van der Waals surface area contributed by atoms with Crippen molar-refractivity contribution in [3.63, 3.8) is 0 Å². The second-order valence-corrected chi connectivity index (χ2v) is 4.12. The summed E-state index contributed by atoms with van der Waals surface area (Å²) in [5, 5.41) is 0. The number of rotatable bonds is 5. The summed E-state index contributed by atoms with van der Waals surface area (Å²) in [5.41, 5.74) is 2.37. The molecular formula is C16H18O2. The lowest BCUT2D eigenvalue weighted by molar-refractivity contribution is 0.302. The SMILES string of the molecule is CCOc1ccc(C)c(COc2ccccc2)c1. The van der Waals surface area contributed by atoms with Crippen molar-refractivity contribution in [2.24, 2.45) is 0 Å². The van der Waals surface area contributed by atoms with E-state index in [9.17, 15) is 0 Å². The van der Waals surface area contributed by atoms with Crippen molar-refractivity contribution in [2.75, 3.05) is 6.61 Å². The van der Waals surface area contributed by atoms with Crippen LogP contribution in [-0.2, 0) is 6.61 Å². The van der Waals surface area contributed by atoms with Gasteiger partial charge >= 0.3 is 0 Å². The number of para-hydroxylation sites is 1. The van der Waals surface area contributed by atoms with Crippen LogP contribution in [-0.4, -0.2) is 6.61 Å². The number of benzene rings is 2. The first-order chi connectivity index (χ1) is 8.79. The summed E-state index contributed by atoms with van der Waals surface area (Å²) in [6.45, 7) is 5.32. The third-order valence-electron chi connectivity index (χ3n) is 2.77. The molecular weight excluding hydrogens is 224 g/mol. The van der Waals surface area contributed by atoms with Gasteiger partial charge in [-0.3, -0.25) is 0 Å². The Labute approximate surface area is 108 Å². The van der Waals surface area contributed by atoms with Crippen LogP contribution in [0.15, 0.2) is 48.5 Å². The van der Waals surface area contributed by atoms with Gasteiger partial charge in [0.1, 0.15) is 18.1 Å². The first-order valence-electron chi connectivity index (χ1n) is 6.19. The molecule has 2 aromatic carbocycles. The maximum atomic E-state index is 5.75. The smallest absolute Gasteiger partial charge is 0.119 e. The monoisotopic (exact) mass is 242 g/mol. The van der Waals surface area contributed by atoms with Gasteiger partial charge in [-0.05, 0) is 49.2 Å². The Balaban J connectivity index is 2.06. The van der Waals surface area contributed by atoms with Gasteiger partial charge in [0, 0.05) is 0 Å². The minimum absolute atomic E-state index is 0.566. The van der Waals surface area contributed by atoms with Crippen LogP contribution in [0.2, 0.25) is 0 Å². The van der Waals surface area contributed by atoms with Crippen molar-refractivity contribution in [1.82, 2.24) is 0 Å². The molecule has 0 heterocycles. The minimum atomic E-state index is 0.566. The molecule has 0 radical (unpaired) electrons. The lowest BCUT2D eigenvalue weighted by Crippen LogP contribution is -1.99. The molecule has 0 fully saturated rings. The van der Waals surface area contributed by atoms with E-state index in [1.54, 1.807) is 0 Å². The average molecular weight is 242 g/mol. The molecule has 0 aromatic heterocycles. The lowest BCUT2D eigenvalue weighted by atomic mass is 10.1. The van der Waals surface area contributed by atoms with Gasteiger partial charge in [-0.15, -0.1) is 0 Å². The first-order valence-corrected chi connectivity index (χ1v) is 6.19. The van der Waals surface area contributed by atoms with Crippen molar-refractivity contribution in [2.45, 2.75) is 20.5 Å². The highest BCUT2D eigenvalue weighted by Gasteiger charge is 2.02. The molecule has 0 saturated heterocycles. The van der Waals surface area contributed by atoms with Crippen molar-refractivity contribution in [3.8, 4) is 11.5 Å². The van der Waals surface area contributed by atoms with E-state index in [0.29, 0.717) is 13.2 Å². The van der Waals surface area contributed by atoms with Crippen LogP contribution >= 0.6 is 0 Å². The molecule has 0 atom stereocenters. The Morgan fingerprint density at radius 1 is 0.889 bits per heavy atom. The molecule has 0 saturated carbocycles. The summed E-state index contributed by atoms with van der Waals surface area (Å²) in [4.78, 5) is 0. The van der Waals surface area contributed by atoms with Crippen molar-refractivity contribution < 1.29 is 9.47 Å². The molecule has 94 valence electrons. The highest BCUT2D eigenvalue weighted by Crippen LogP contribution is 2.19. The van der Waals surface area contributed by atoms with Crippen molar-refractivity contribution in [3.05, 3.63) is 59.7 Å². The molecule has 0 aliphatic carbocycles. The highest BCUT2D eigenvalue weighted by molar-refractivity contribution is 5.35. The number of aryl methyl sites for hydroxylation is 1. The normalized spacial score (nSPS) is 10.1. The summed E-state index contributed by atoms with van der Waals surface area (Å²) in [6.07, 6.45) is 0. The molecule has 0 unspecified atom stereocenters. The van der Waals surface area contributed by atoms with E-state index in [4.69, 9.17) is 9.47 Å². The summed E-state index contributed by atoms with van der Waals surface area (Å²) in [5.74, 6) is 1.79. The first kappa shape index (κ1) is 12.5. The van der Waals surface area contributed by atoms with E-state index in [0.717, 1.165) is 17.1 Å². The van der Waals surface area contributed by atoms with Gasteiger partial charge in [-0.1, -0.05) is 24.3 Å². The van der Waals surface area contributed by atoms with E-state index in [2.05, 4.69) is 13.0 Å². The zero-order valence-electron chi connectivity index (χ0n) is 10.8. The van der Waals surface area contributed by atoms with Crippen LogP contribution in [0.4, 0.5) is 0 Å². The predicted molar refractivity (Wildman–Crippen MR) is 73.1 cm³/mol. The Bertz CT molecular complexity index is 492. The number of hydrogen-bond donors (Lipinski definition) is 0. The lowest BCUT2D eigenvalue weighted by Gasteiger charge is -2.11. The molecule has 0 bridgehead atoms. The zero-order chi connectivity index (χ0) is 12.8. The van der Waals surface area contributed by atoms with E-state index in [1.165, 1.54) is 5.56 Å². The Hall–Kier alpha value is -1.96. The third kappa shape index (κ3) is 3.27. The summed E-state index contributed by atoms with van der Waals surface area (Å²) >= 11 is 0. The van der Waals surface area contributed by atoms with Crippen LogP contribution in [0.5, 0.6) is 11.5 Å². The van der Waals surface area contributed by atoms with E-state index < -0.39 is 0 Å². The summed E-state index contributed by atoms with van der Waals surface area (Å²) in [6, 6.07) is 15.9. The van der Waals surface area contributed by atoms with E-state index in [-0.39, 0.29) is 0 Å². The molecule has 0 spiro atoms. The fraction of sp³-hybridized carbons (Fsp3) is 0.250. The van der Waals surface area contributed by atoms with E-state index in [1.807, 2.05) is 49.4 Å². The Morgan fingerprint density at radius 2 is 1.67 bits per heavy atom. The number of hydrogen-bond acceptors (Lipinski definition) is 2. The van der Waals surface area contributed by atoms with Crippen LogP contribution in [0.1, 0.15) is 18.1 Å². The van der Waals surface area contributed by atoms with Gasteiger partial charge in [-0.25, -0.2) is 0 Å². The van der Waals surface area contributed by atoms with E-state index >= 15 is 0 Å². The molecule has 2 nitrogen and oxygen atoms in total. The summed E-state index contributed by atoms with van der Waals surface area (Å²) in [7, 11) is 0. The molecule has 18 heavy (non-hydrogen) atoms. The minimum Gasteiger partial charge on any atom is -0.494 e. The van der Waals surface area contributed by atoms with Gasteiger partial charge in [0.25, 0.3) is 0 Å². The van der Waals surface area contributed by atoms with Gasteiger partial charge in [0.15, 0.2) is 0 Å². The molecule has 0 amide bonds. The standard InChI is InChI=1S/C16H18O2/c1-3-17-16-10-9-13(2)14(11-16)12-18-15-7-5-4-6-8-15/h4-11H,3,12H2,1-2H3. The summed E-state index contributed by atoms with van der Waals surface area (Å²) < 4.78 is 11.2. The second-order valence-electron chi connectivity index (χ2n) is 4.12. The van der Waals surface area contributed by atoms with Crippen LogP contribution in [0.3, 0.4) is 0 Å². The zero-order valence-corrected chi connectivity index (χ0v) is 10.8. The Kier molecular flexibility index (Phi) is 4.24. The molecule has 0 N–H and O–H groups in total. The van der Waals surface area contributed by atoms with Crippen molar-refractivity contribution >= 4 is 0 Å². The van der Waals surface area contributed by atoms with Crippen LogP contribution in [0, 0.1) is 6.92 Å². The average Bonchev–Trinajstić information content (AvgIpc) is 2.41. The van der Waals surface area contributed by atoms with Gasteiger partial charge in [-0.2, -0.15) is 0 Å². The maximum Gasteiger partial charge on any atom is 0.119 e. The maximum absolute atomic E-state index is 5.75. The molecule has 2 aromatic rings. The predicted octanol–water partition coefficient (Wildman–Crippen LogP) is 3.97. The largest absolute Gasteiger partial charge is 0.494 e. The second kappa shape index (κ2) is 6.10. The van der Waals surface area contributed by atoms with Crippen LogP contribution in [0.25, 0.3) is 0 Å². The van der Waals surface area contributed by atoms with Gasteiger partial charge < -0.3 is 9.47 Å². The molecule has 0 aliphatic rings. The van der Waals surface area contributed by atoms with Gasteiger partial charge in [0.2, 0.25) is 0 Å². The fourth-order valence-electron chi connectivity index (χ4n) is 1.74. The Morgan fingerprint density at radius 3 is 2.39 bits per heavy atom. The molecule has 2 rings (SSSR count).